The van der Waals surface area contributed by atoms with Crippen molar-refractivity contribution in [2.75, 3.05) is 9.80 Å². The van der Waals surface area contributed by atoms with Crippen LogP contribution in [0.3, 0.4) is 0 Å². The molecule has 1 aliphatic carbocycles. The van der Waals surface area contributed by atoms with Gasteiger partial charge in [-0.1, -0.05) is 171 Å². The van der Waals surface area contributed by atoms with Gasteiger partial charge in [-0.25, -0.2) is 0 Å². The molecule has 0 N–H and O–H groups in total. The van der Waals surface area contributed by atoms with Crippen LogP contribution in [-0.2, 0) is 32.5 Å². The van der Waals surface area contributed by atoms with Gasteiger partial charge in [0.2, 0.25) is 0 Å². The fourth-order valence-electron chi connectivity index (χ4n) is 12.9. The van der Waals surface area contributed by atoms with Gasteiger partial charge in [0.25, 0.3) is 6.71 Å². The second kappa shape index (κ2) is 16.0. The largest absolute Gasteiger partial charge is 0.311 e. The van der Waals surface area contributed by atoms with E-state index in [0.717, 1.165) is 23.5 Å². The van der Waals surface area contributed by atoms with Crippen LogP contribution in [0.4, 0.5) is 34.1 Å². The van der Waals surface area contributed by atoms with Crippen molar-refractivity contribution in [3.8, 4) is 5.69 Å². The summed E-state index contributed by atoms with van der Waals surface area (Å²) in [6, 6.07) is 50.8. The number of hydrogen-bond acceptors (Lipinski definition) is 3. The Balaban J connectivity index is 1.22. The number of aromatic nitrogens is 1. The highest BCUT2D eigenvalue weighted by Gasteiger charge is 2.46. The van der Waals surface area contributed by atoms with Crippen molar-refractivity contribution in [1.29, 1.82) is 0 Å². The minimum atomic E-state index is -0.122. The first-order valence-electron chi connectivity index (χ1n) is 27.4. The molecule has 9 aromatic rings. The van der Waals surface area contributed by atoms with E-state index in [1.807, 2.05) is 11.3 Å². The Morgan fingerprint density at radius 3 is 1.59 bits per heavy atom. The van der Waals surface area contributed by atoms with E-state index in [9.17, 15) is 0 Å². The predicted molar refractivity (Wildman–Crippen MR) is 325 cm³/mol. The van der Waals surface area contributed by atoms with Gasteiger partial charge >= 0.3 is 0 Å². The number of rotatable bonds is 4. The quantitative estimate of drug-likeness (QED) is 0.163. The van der Waals surface area contributed by atoms with Gasteiger partial charge in [0.05, 0.1) is 5.52 Å². The molecule has 3 aliphatic rings. The highest BCUT2D eigenvalue weighted by Crippen LogP contribution is 2.53. The molecule has 0 bridgehead atoms. The van der Waals surface area contributed by atoms with E-state index in [2.05, 4.69) is 259 Å². The minimum absolute atomic E-state index is 0.000726. The third-order valence-electron chi connectivity index (χ3n) is 17.6. The van der Waals surface area contributed by atoms with Crippen molar-refractivity contribution in [3.05, 3.63) is 166 Å². The van der Waals surface area contributed by atoms with Gasteiger partial charge in [0, 0.05) is 60.7 Å². The smallest absolute Gasteiger partial charge is 0.252 e. The number of aryl methyl sites for hydroxylation is 1. The van der Waals surface area contributed by atoms with Crippen molar-refractivity contribution in [2.24, 2.45) is 0 Å². The molecule has 12 rings (SSSR count). The molecule has 0 radical (unpaired) electrons. The first-order valence-corrected chi connectivity index (χ1v) is 28.2. The number of anilines is 6. The molecule has 0 saturated heterocycles. The van der Waals surface area contributed by atoms with E-state index >= 15 is 0 Å². The molecule has 0 unspecified atom stereocenters. The Bertz CT molecular complexity index is 3720. The summed E-state index contributed by atoms with van der Waals surface area (Å²) in [5.74, 6) is 0. The summed E-state index contributed by atoms with van der Waals surface area (Å²) in [5, 5.41) is 4.10. The first kappa shape index (κ1) is 48.9. The molecule has 7 aromatic carbocycles. The van der Waals surface area contributed by atoms with Gasteiger partial charge in [0.1, 0.15) is 4.83 Å². The molecule has 3 nitrogen and oxygen atoms in total. The standard InChI is InChI=1S/C69H76BN3S/c1-41-34-51-52(69(16,17)33-32-68(51,14)15)40-55(41)72-56-39-48(71(46-26-22-42(23-27-46)64(2,3)4)47-28-24-43(25-29-47)65(5,6)7)30-31-53(56)70-54-36-44(66(8,9)10)35-50-60-49-20-18-19-21-59(49)74-63(60)73(62(50)54)58-38-45(67(11,12)13)37-57(72)61(58)70/h18-31,34-40H,32-33H2,1-17H3. The zero-order chi connectivity index (χ0) is 52.6. The van der Waals surface area contributed by atoms with E-state index in [4.69, 9.17) is 0 Å². The van der Waals surface area contributed by atoms with Crippen LogP contribution in [0.15, 0.2) is 127 Å². The maximum Gasteiger partial charge on any atom is 0.252 e. The maximum absolute atomic E-state index is 2.72. The first-order chi connectivity index (χ1) is 34.6. The molecular weight excluding hydrogens is 914 g/mol. The average molecular weight is 990 g/mol. The molecule has 2 aliphatic heterocycles. The number of nitrogens with zero attached hydrogens (tertiary/aromatic N) is 3. The van der Waals surface area contributed by atoms with Crippen molar-refractivity contribution < 1.29 is 0 Å². The fourth-order valence-corrected chi connectivity index (χ4v) is 14.1. The molecule has 2 aromatic heterocycles. The summed E-state index contributed by atoms with van der Waals surface area (Å²) in [5.41, 5.74) is 23.8. The highest BCUT2D eigenvalue weighted by atomic mass is 32.1. The van der Waals surface area contributed by atoms with Gasteiger partial charge in [-0.05, 0) is 174 Å². The molecular formula is C69H76BN3S. The second-order valence-corrected chi connectivity index (χ2v) is 28.9. The van der Waals surface area contributed by atoms with E-state index < -0.39 is 0 Å². The Kier molecular flexibility index (Phi) is 10.6. The van der Waals surface area contributed by atoms with Gasteiger partial charge in [0.15, 0.2) is 0 Å². The molecule has 74 heavy (non-hydrogen) atoms. The normalized spacial score (nSPS) is 16.0. The lowest BCUT2D eigenvalue weighted by molar-refractivity contribution is 0.332. The van der Waals surface area contributed by atoms with E-state index in [0.29, 0.717) is 0 Å². The van der Waals surface area contributed by atoms with Crippen molar-refractivity contribution in [1.82, 2.24) is 4.57 Å². The van der Waals surface area contributed by atoms with Crippen molar-refractivity contribution >= 4 is 99.8 Å². The van der Waals surface area contributed by atoms with Gasteiger partial charge in [-0.2, -0.15) is 0 Å². The third kappa shape index (κ3) is 7.48. The van der Waals surface area contributed by atoms with Crippen LogP contribution in [-0.4, -0.2) is 11.3 Å². The Hall–Kier alpha value is -6.04. The lowest BCUT2D eigenvalue weighted by Gasteiger charge is -2.45. The summed E-state index contributed by atoms with van der Waals surface area (Å²) in [7, 11) is 0. The topological polar surface area (TPSA) is 11.4 Å². The Morgan fingerprint density at radius 2 is 1.01 bits per heavy atom. The Labute approximate surface area is 446 Å². The second-order valence-electron chi connectivity index (χ2n) is 27.9. The lowest BCUT2D eigenvalue weighted by Crippen LogP contribution is -2.60. The van der Waals surface area contributed by atoms with Crippen LogP contribution in [0, 0.1) is 6.92 Å². The van der Waals surface area contributed by atoms with Crippen LogP contribution in [0.25, 0.3) is 36.9 Å². The third-order valence-corrected chi connectivity index (χ3v) is 18.7. The number of hydrogen-bond donors (Lipinski definition) is 0. The zero-order valence-corrected chi connectivity index (χ0v) is 48.2. The fraction of sp³-hybridized carbons (Fsp3) is 0.362. The molecule has 0 atom stereocenters. The summed E-state index contributed by atoms with van der Waals surface area (Å²) < 4.78 is 4.05. The van der Waals surface area contributed by atoms with Crippen molar-refractivity contribution in [2.45, 2.75) is 163 Å². The van der Waals surface area contributed by atoms with Crippen LogP contribution >= 0.6 is 11.3 Å². The van der Waals surface area contributed by atoms with E-state index in [1.165, 1.54) is 116 Å². The van der Waals surface area contributed by atoms with E-state index in [-0.39, 0.29) is 39.2 Å². The molecule has 0 amide bonds. The van der Waals surface area contributed by atoms with Gasteiger partial charge in [-0.3, -0.25) is 0 Å². The number of benzene rings is 7. The Morgan fingerprint density at radius 1 is 0.486 bits per heavy atom. The maximum atomic E-state index is 2.72. The summed E-state index contributed by atoms with van der Waals surface area (Å²) >= 11 is 1.95. The van der Waals surface area contributed by atoms with Crippen LogP contribution in [0.2, 0.25) is 0 Å². The molecule has 376 valence electrons. The summed E-state index contributed by atoms with van der Waals surface area (Å²) in [4.78, 5) is 6.56. The molecule has 0 saturated carbocycles. The van der Waals surface area contributed by atoms with Crippen LogP contribution in [0.1, 0.15) is 163 Å². The van der Waals surface area contributed by atoms with E-state index in [1.54, 1.807) is 0 Å². The molecule has 4 heterocycles. The minimum Gasteiger partial charge on any atom is -0.311 e. The summed E-state index contributed by atoms with van der Waals surface area (Å²) in [6.07, 6.45) is 2.34. The van der Waals surface area contributed by atoms with Crippen LogP contribution < -0.4 is 26.2 Å². The monoisotopic (exact) mass is 990 g/mol. The van der Waals surface area contributed by atoms with Gasteiger partial charge < -0.3 is 14.4 Å². The zero-order valence-electron chi connectivity index (χ0n) is 47.4. The van der Waals surface area contributed by atoms with Gasteiger partial charge in [-0.15, -0.1) is 11.3 Å². The number of thiophene rings is 1. The van der Waals surface area contributed by atoms with Crippen molar-refractivity contribution in [3.63, 3.8) is 0 Å². The molecule has 5 heteroatoms. The summed E-state index contributed by atoms with van der Waals surface area (Å²) in [6.45, 7) is 40.4. The highest BCUT2D eigenvalue weighted by molar-refractivity contribution is 7.26. The lowest BCUT2D eigenvalue weighted by atomic mass is 9.33. The van der Waals surface area contributed by atoms with Crippen LogP contribution in [0.5, 0.6) is 0 Å². The predicted octanol–water partition coefficient (Wildman–Crippen LogP) is 17.9. The molecule has 0 spiro atoms. The SMILES string of the molecule is Cc1cc2c(cc1N1c3cc(N(c4ccc(C(C)(C)C)cc4)c4ccc(C(C)(C)C)cc4)ccc3B3c4c1cc(C(C)(C)C)cc4-n1c4sc5ccccc5c4c4cc(C(C)(C)C)cc3c41)C(C)(C)CCC2(C)C. The number of fused-ring (bicyclic) bond motifs is 10. The average Bonchev–Trinajstić information content (AvgIpc) is 3.93. The molecule has 0 fully saturated rings.